The summed E-state index contributed by atoms with van der Waals surface area (Å²) < 4.78 is 43.8. The van der Waals surface area contributed by atoms with Crippen molar-refractivity contribution in [2.75, 3.05) is 13.7 Å². The van der Waals surface area contributed by atoms with Crippen LogP contribution in [0.4, 0.5) is 13.2 Å². The third kappa shape index (κ3) is 2.07. The second kappa shape index (κ2) is 4.46. The molecule has 1 rings (SSSR count). The van der Waals surface area contributed by atoms with Gasteiger partial charge in [0.25, 0.3) is 0 Å². The van der Waals surface area contributed by atoms with Crippen LogP contribution >= 0.6 is 0 Å². The first kappa shape index (κ1) is 11.0. The van der Waals surface area contributed by atoms with Gasteiger partial charge >= 0.3 is 0 Å². The number of hydrogen-bond acceptors (Lipinski definition) is 1. The Morgan fingerprint density at radius 3 is 2.36 bits per heavy atom. The summed E-state index contributed by atoms with van der Waals surface area (Å²) in [6, 6.07) is 1.69. The molecule has 0 bridgehead atoms. The molecule has 0 amide bonds. The fourth-order valence-electron chi connectivity index (χ4n) is 1.33. The van der Waals surface area contributed by atoms with Gasteiger partial charge in [-0.2, -0.15) is 0 Å². The molecule has 0 aliphatic carbocycles. The summed E-state index contributed by atoms with van der Waals surface area (Å²) in [4.78, 5) is 0. The molecule has 0 aliphatic heterocycles. The molecule has 0 saturated heterocycles. The van der Waals surface area contributed by atoms with Gasteiger partial charge in [-0.25, -0.2) is 13.2 Å². The molecule has 0 radical (unpaired) electrons. The molecule has 1 nitrogen and oxygen atoms in total. The maximum atomic E-state index is 13.2. The molecule has 0 heterocycles. The Labute approximate surface area is 80.5 Å². The van der Waals surface area contributed by atoms with Gasteiger partial charge in [0.2, 0.25) is 0 Å². The van der Waals surface area contributed by atoms with E-state index in [1.54, 1.807) is 6.92 Å². The van der Waals surface area contributed by atoms with E-state index in [0.29, 0.717) is 0 Å². The largest absolute Gasteiger partial charge is 0.384 e. The number of ether oxygens (including phenoxy) is 1. The normalized spacial score (nSPS) is 12.9. The average molecular weight is 204 g/mol. The van der Waals surface area contributed by atoms with Crippen molar-refractivity contribution in [3.63, 3.8) is 0 Å². The lowest BCUT2D eigenvalue weighted by Crippen LogP contribution is -2.08. The SMILES string of the molecule is COC[C@H](C)c1c(F)ccc(F)c1F. The van der Waals surface area contributed by atoms with Crippen LogP contribution in [0, 0.1) is 17.5 Å². The van der Waals surface area contributed by atoms with Gasteiger partial charge in [0.05, 0.1) is 6.61 Å². The first-order valence-electron chi connectivity index (χ1n) is 4.20. The Kier molecular flexibility index (Phi) is 3.52. The minimum atomic E-state index is -1.13. The molecule has 1 aromatic rings. The maximum absolute atomic E-state index is 13.2. The molecule has 0 fully saturated rings. The molecule has 78 valence electrons. The molecular formula is C10H11F3O. The van der Waals surface area contributed by atoms with Gasteiger partial charge in [0, 0.05) is 18.6 Å². The predicted molar refractivity (Wildman–Crippen MR) is 46.6 cm³/mol. The van der Waals surface area contributed by atoms with E-state index >= 15 is 0 Å². The van der Waals surface area contributed by atoms with Crippen LogP contribution in [0.3, 0.4) is 0 Å². The molecule has 0 N–H and O–H groups in total. The monoisotopic (exact) mass is 204 g/mol. The maximum Gasteiger partial charge on any atom is 0.165 e. The summed E-state index contributed by atoms with van der Waals surface area (Å²) in [7, 11) is 1.42. The number of rotatable bonds is 3. The van der Waals surface area contributed by atoms with Crippen molar-refractivity contribution in [3.8, 4) is 0 Å². The van der Waals surface area contributed by atoms with Gasteiger partial charge < -0.3 is 4.74 Å². The van der Waals surface area contributed by atoms with Crippen LogP contribution < -0.4 is 0 Å². The Morgan fingerprint density at radius 1 is 1.21 bits per heavy atom. The molecule has 1 atom stereocenters. The zero-order valence-electron chi connectivity index (χ0n) is 7.98. The van der Waals surface area contributed by atoms with Crippen LogP contribution in [-0.2, 0) is 4.74 Å². The Bertz CT molecular complexity index is 325. The summed E-state index contributed by atoms with van der Waals surface area (Å²) in [6.45, 7) is 1.72. The van der Waals surface area contributed by atoms with Gasteiger partial charge in [-0.05, 0) is 12.1 Å². The standard InChI is InChI=1S/C10H11F3O/c1-6(5-14-2)9-7(11)3-4-8(12)10(9)13/h3-4,6H,5H2,1-2H3/t6-/m0/s1. The van der Waals surface area contributed by atoms with Gasteiger partial charge in [-0.3, -0.25) is 0 Å². The van der Waals surface area contributed by atoms with Crippen molar-refractivity contribution in [2.24, 2.45) is 0 Å². The molecule has 14 heavy (non-hydrogen) atoms. The number of methoxy groups -OCH3 is 1. The highest BCUT2D eigenvalue weighted by atomic mass is 19.2. The summed E-state index contributed by atoms with van der Waals surface area (Å²) in [5.74, 6) is -3.41. The minimum absolute atomic E-state index is 0.150. The van der Waals surface area contributed by atoms with Crippen molar-refractivity contribution in [1.82, 2.24) is 0 Å². The molecule has 0 unspecified atom stereocenters. The summed E-state index contributed by atoms with van der Waals surface area (Å²) >= 11 is 0. The molecule has 4 heteroatoms. The Balaban J connectivity index is 3.11. The van der Waals surface area contributed by atoms with Crippen LogP contribution in [0.2, 0.25) is 0 Å². The van der Waals surface area contributed by atoms with Crippen molar-refractivity contribution in [1.29, 1.82) is 0 Å². The summed E-state index contributed by atoms with van der Waals surface area (Å²) in [5, 5.41) is 0. The molecule has 0 spiro atoms. The van der Waals surface area contributed by atoms with Crippen molar-refractivity contribution < 1.29 is 17.9 Å². The number of hydrogen-bond donors (Lipinski definition) is 0. The first-order chi connectivity index (χ1) is 6.57. The van der Waals surface area contributed by atoms with Gasteiger partial charge in [-0.15, -0.1) is 0 Å². The highest BCUT2D eigenvalue weighted by molar-refractivity contribution is 5.24. The molecule has 1 aromatic carbocycles. The minimum Gasteiger partial charge on any atom is -0.384 e. The van der Waals surface area contributed by atoms with E-state index < -0.39 is 23.4 Å². The first-order valence-corrected chi connectivity index (χ1v) is 4.20. The van der Waals surface area contributed by atoms with Crippen LogP contribution in [0.5, 0.6) is 0 Å². The lowest BCUT2D eigenvalue weighted by molar-refractivity contribution is 0.181. The highest BCUT2D eigenvalue weighted by Crippen LogP contribution is 2.24. The van der Waals surface area contributed by atoms with Crippen molar-refractivity contribution in [2.45, 2.75) is 12.8 Å². The Hall–Kier alpha value is -1.03. The van der Waals surface area contributed by atoms with E-state index in [1.165, 1.54) is 7.11 Å². The second-order valence-corrected chi connectivity index (χ2v) is 3.11. The highest BCUT2D eigenvalue weighted by Gasteiger charge is 2.19. The van der Waals surface area contributed by atoms with Crippen LogP contribution in [0.15, 0.2) is 12.1 Å². The number of benzene rings is 1. The third-order valence-electron chi connectivity index (χ3n) is 1.99. The molecule has 0 aliphatic rings. The fourth-order valence-corrected chi connectivity index (χ4v) is 1.33. The topological polar surface area (TPSA) is 9.23 Å². The van der Waals surface area contributed by atoms with Crippen LogP contribution in [0.1, 0.15) is 18.4 Å². The molecule has 0 saturated carbocycles. The quantitative estimate of drug-likeness (QED) is 0.688. The molecule has 0 aromatic heterocycles. The van der Waals surface area contributed by atoms with E-state index in [4.69, 9.17) is 4.74 Å². The lowest BCUT2D eigenvalue weighted by Gasteiger charge is -2.12. The third-order valence-corrected chi connectivity index (χ3v) is 1.99. The average Bonchev–Trinajstić information content (AvgIpc) is 2.13. The van der Waals surface area contributed by atoms with Crippen LogP contribution in [-0.4, -0.2) is 13.7 Å². The van der Waals surface area contributed by atoms with E-state index in [0.717, 1.165) is 12.1 Å². The number of halogens is 3. The molecular weight excluding hydrogens is 193 g/mol. The van der Waals surface area contributed by atoms with Crippen molar-refractivity contribution in [3.05, 3.63) is 35.1 Å². The van der Waals surface area contributed by atoms with Gasteiger partial charge in [0.1, 0.15) is 5.82 Å². The zero-order chi connectivity index (χ0) is 10.7. The van der Waals surface area contributed by atoms with E-state index in [1.807, 2.05) is 0 Å². The Morgan fingerprint density at radius 2 is 1.79 bits per heavy atom. The van der Waals surface area contributed by atoms with Crippen LogP contribution in [0.25, 0.3) is 0 Å². The smallest absolute Gasteiger partial charge is 0.165 e. The summed E-state index contributed by atoms with van der Waals surface area (Å²) in [5.41, 5.74) is -0.258. The zero-order valence-corrected chi connectivity index (χ0v) is 7.98. The van der Waals surface area contributed by atoms with E-state index in [-0.39, 0.29) is 12.2 Å². The van der Waals surface area contributed by atoms with Crippen molar-refractivity contribution >= 4 is 0 Å². The predicted octanol–water partition coefficient (Wildman–Crippen LogP) is 2.85. The van der Waals surface area contributed by atoms with Gasteiger partial charge in [0.15, 0.2) is 11.6 Å². The van der Waals surface area contributed by atoms with Gasteiger partial charge in [-0.1, -0.05) is 6.92 Å². The fraction of sp³-hybridized carbons (Fsp3) is 0.400. The summed E-state index contributed by atoms with van der Waals surface area (Å²) in [6.07, 6.45) is 0. The lowest BCUT2D eigenvalue weighted by atomic mass is 10.0. The second-order valence-electron chi connectivity index (χ2n) is 3.11. The van der Waals surface area contributed by atoms with E-state index in [2.05, 4.69) is 0 Å². The van der Waals surface area contributed by atoms with E-state index in [9.17, 15) is 13.2 Å².